The number of fused-ring (bicyclic) bond motifs is 1. The lowest BCUT2D eigenvalue weighted by atomic mass is 9.93. The molecular weight excluding hydrogens is 386 g/mol. The minimum Gasteiger partial charge on any atom is -0.490 e. The van der Waals surface area contributed by atoms with Crippen LogP contribution in [-0.4, -0.2) is 30.4 Å². The average Bonchev–Trinajstić information content (AvgIpc) is 2.72. The fourth-order valence-electron chi connectivity index (χ4n) is 2.86. The van der Waals surface area contributed by atoms with Crippen molar-refractivity contribution in [2.24, 2.45) is 5.41 Å². The van der Waals surface area contributed by atoms with Crippen molar-refractivity contribution in [1.29, 1.82) is 0 Å². The molecule has 2 aromatic carbocycles. The summed E-state index contributed by atoms with van der Waals surface area (Å²) in [7, 11) is 1.64. The van der Waals surface area contributed by atoms with Crippen molar-refractivity contribution in [2.45, 2.75) is 13.8 Å². The van der Waals surface area contributed by atoms with Crippen molar-refractivity contribution in [3.63, 3.8) is 0 Å². The van der Waals surface area contributed by atoms with Crippen LogP contribution in [0.2, 0.25) is 5.02 Å². The summed E-state index contributed by atoms with van der Waals surface area (Å²) < 4.78 is 5.74. The van der Waals surface area contributed by atoms with Gasteiger partial charge in [-0.05, 0) is 44.2 Å². The highest BCUT2D eigenvalue weighted by molar-refractivity contribution is 6.32. The monoisotopic (exact) mass is 403 g/mol. The smallest absolute Gasteiger partial charge is 0.288 e. The fraction of sp³-hybridized carbons (Fsp3) is 0.263. The summed E-state index contributed by atoms with van der Waals surface area (Å²) >= 11 is 5.78. The largest absolute Gasteiger partial charge is 0.490 e. The molecule has 1 heterocycles. The number of amides is 2. The number of carbonyl (C=O) groups is 2. The molecule has 0 fully saturated rings. The molecule has 0 atom stereocenters. The number of nitrogens with zero attached hydrogens (tertiary/aromatic N) is 2. The molecule has 1 aliphatic rings. The SMILES string of the molecule is CN1C(=O)C(C)(C)COc2ccc(NC(=O)c3ccc(Cl)c([N+](=O)[O-])c3)cc21. The molecule has 0 aromatic heterocycles. The average molecular weight is 404 g/mol. The number of halogens is 1. The minimum atomic E-state index is -0.681. The predicted octanol–water partition coefficient (Wildman–Crippen LogP) is 3.88. The number of hydrogen-bond acceptors (Lipinski definition) is 5. The first-order valence-electron chi connectivity index (χ1n) is 8.40. The summed E-state index contributed by atoms with van der Waals surface area (Å²) in [5, 5.41) is 13.6. The van der Waals surface area contributed by atoms with E-state index in [9.17, 15) is 19.7 Å². The van der Waals surface area contributed by atoms with Gasteiger partial charge in [0.1, 0.15) is 17.4 Å². The molecule has 1 aliphatic heterocycles. The normalized spacial score (nSPS) is 15.3. The van der Waals surface area contributed by atoms with Crippen LogP contribution < -0.4 is 15.0 Å². The number of hydrogen-bond donors (Lipinski definition) is 1. The number of nitro groups is 1. The minimum absolute atomic E-state index is 0.0496. The van der Waals surface area contributed by atoms with Crippen LogP contribution in [0.1, 0.15) is 24.2 Å². The van der Waals surface area contributed by atoms with Gasteiger partial charge in [0.05, 0.1) is 16.0 Å². The molecule has 8 nitrogen and oxygen atoms in total. The third-order valence-electron chi connectivity index (χ3n) is 4.46. The lowest BCUT2D eigenvalue weighted by Gasteiger charge is -2.24. The van der Waals surface area contributed by atoms with Gasteiger partial charge in [-0.3, -0.25) is 19.7 Å². The molecule has 0 spiro atoms. The first kappa shape index (κ1) is 19.6. The van der Waals surface area contributed by atoms with Crippen LogP contribution in [0.3, 0.4) is 0 Å². The van der Waals surface area contributed by atoms with E-state index >= 15 is 0 Å². The lowest BCUT2D eigenvalue weighted by Crippen LogP contribution is -2.39. The van der Waals surface area contributed by atoms with Gasteiger partial charge in [-0.15, -0.1) is 0 Å². The Morgan fingerprint density at radius 3 is 2.68 bits per heavy atom. The zero-order chi connectivity index (χ0) is 20.6. The van der Waals surface area contributed by atoms with Crippen molar-refractivity contribution in [3.05, 3.63) is 57.1 Å². The molecule has 146 valence electrons. The number of nitrogens with one attached hydrogen (secondary N) is 1. The van der Waals surface area contributed by atoms with Gasteiger partial charge in [-0.2, -0.15) is 0 Å². The molecule has 0 saturated carbocycles. The van der Waals surface area contributed by atoms with Gasteiger partial charge >= 0.3 is 0 Å². The van der Waals surface area contributed by atoms with Gasteiger partial charge in [0, 0.05) is 24.4 Å². The quantitative estimate of drug-likeness (QED) is 0.618. The molecule has 0 bridgehead atoms. The van der Waals surface area contributed by atoms with Gasteiger partial charge in [-0.25, -0.2) is 0 Å². The third-order valence-corrected chi connectivity index (χ3v) is 4.77. The van der Waals surface area contributed by atoms with Crippen molar-refractivity contribution >= 4 is 40.5 Å². The molecule has 0 aliphatic carbocycles. The summed E-state index contributed by atoms with van der Waals surface area (Å²) in [6.07, 6.45) is 0. The van der Waals surface area contributed by atoms with Crippen LogP contribution >= 0.6 is 11.6 Å². The third kappa shape index (κ3) is 3.63. The molecule has 2 aromatic rings. The highest BCUT2D eigenvalue weighted by atomic mass is 35.5. The van der Waals surface area contributed by atoms with Crippen molar-refractivity contribution in [1.82, 2.24) is 0 Å². The topological polar surface area (TPSA) is 102 Å². The standard InChI is InChI=1S/C19H18ClN3O5/c1-19(2)10-28-16-7-5-12(9-15(16)22(3)18(19)25)21-17(24)11-4-6-13(20)14(8-11)23(26)27/h4-9H,10H2,1-3H3,(H,21,24). The van der Waals surface area contributed by atoms with E-state index in [0.717, 1.165) is 6.07 Å². The molecule has 0 unspecified atom stereocenters. The molecule has 3 rings (SSSR count). The molecule has 28 heavy (non-hydrogen) atoms. The second kappa shape index (κ2) is 7.12. The highest BCUT2D eigenvalue weighted by Gasteiger charge is 2.36. The van der Waals surface area contributed by atoms with E-state index in [1.807, 2.05) is 0 Å². The van der Waals surface area contributed by atoms with Gasteiger partial charge < -0.3 is 15.0 Å². The number of anilines is 2. The Balaban J connectivity index is 1.88. The van der Waals surface area contributed by atoms with E-state index < -0.39 is 16.2 Å². The van der Waals surface area contributed by atoms with Crippen molar-refractivity contribution in [3.8, 4) is 5.75 Å². The number of nitro benzene ring substituents is 1. The summed E-state index contributed by atoms with van der Waals surface area (Å²) in [5.41, 5.74) is 0.00390. The Morgan fingerprint density at radius 1 is 1.29 bits per heavy atom. The highest BCUT2D eigenvalue weighted by Crippen LogP contribution is 2.37. The zero-order valence-corrected chi connectivity index (χ0v) is 16.2. The van der Waals surface area contributed by atoms with Crippen LogP contribution in [0.15, 0.2) is 36.4 Å². The fourth-order valence-corrected chi connectivity index (χ4v) is 3.05. The van der Waals surface area contributed by atoms with E-state index in [1.165, 1.54) is 17.0 Å². The molecule has 0 radical (unpaired) electrons. The van der Waals surface area contributed by atoms with Crippen LogP contribution in [-0.2, 0) is 4.79 Å². The predicted molar refractivity (Wildman–Crippen MR) is 105 cm³/mol. The van der Waals surface area contributed by atoms with Gasteiger partial charge in [-0.1, -0.05) is 11.6 Å². The van der Waals surface area contributed by atoms with Crippen LogP contribution in [0, 0.1) is 15.5 Å². The maximum atomic E-state index is 12.6. The summed E-state index contributed by atoms with van der Waals surface area (Å²) in [6.45, 7) is 3.84. The lowest BCUT2D eigenvalue weighted by molar-refractivity contribution is -0.384. The molecule has 2 amide bonds. The molecular formula is C19H18ClN3O5. The Labute approximate surface area is 166 Å². The van der Waals surface area contributed by atoms with Crippen molar-refractivity contribution in [2.75, 3.05) is 23.9 Å². The van der Waals surface area contributed by atoms with E-state index in [1.54, 1.807) is 39.1 Å². The number of benzene rings is 2. The first-order chi connectivity index (χ1) is 13.1. The van der Waals surface area contributed by atoms with Gasteiger partial charge in [0.15, 0.2) is 0 Å². The number of rotatable bonds is 3. The van der Waals surface area contributed by atoms with Gasteiger partial charge in [0.2, 0.25) is 5.91 Å². The Morgan fingerprint density at radius 2 is 2.00 bits per heavy atom. The number of ether oxygens (including phenoxy) is 1. The zero-order valence-electron chi connectivity index (χ0n) is 15.5. The summed E-state index contributed by atoms with van der Waals surface area (Å²) in [6, 6.07) is 8.74. The van der Waals surface area contributed by atoms with Crippen LogP contribution in [0.5, 0.6) is 5.75 Å². The molecule has 9 heteroatoms. The van der Waals surface area contributed by atoms with E-state index in [2.05, 4.69) is 5.32 Å². The Kier molecular flexibility index (Phi) is 4.99. The van der Waals surface area contributed by atoms with Crippen LogP contribution in [0.25, 0.3) is 0 Å². The molecule has 1 N–H and O–H groups in total. The second-order valence-electron chi connectivity index (χ2n) is 7.10. The summed E-state index contributed by atoms with van der Waals surface area (Å²) in [4.78, 5) is 36.9. The maximum absolute atomic E-state index is 12.6. The van der Waals surface area contributed by atoms with Gasteiger partial charge in [0.25, 0.3) is 11.6 Å². The van der Waals surface area contributed by atoms with E-state index in [-0.39, 0.29) is 28.8 Å². The molecule has 0 saturated heterocycles. The Hall–Kier alpha value is -3.13. The van der Waals surface area contributed by atoms with Crippen molar-refractivity contribution < 1.29 is 19.2 Å². The first-order valence-corrected chi connectivity index (χ1v) is 8.78. The number of carbonyl (C=O) groups excluding carboxylic acids is 2. The van der Waals surface area contributed by atoms with E-state index in [4.69, 9.17) is 16.3 Å². The maximum Gasteiger partial charge on any atom is 0.288 e. The van der Waals surface area contributed by atoms with Crippen LogP contribution in [0.4, 0.5) is 17.1 Å². The second-order valence-corrected chi connectivity index (χ2v) is 7.50. The van der Waals surface area contributed by atoms with E-state index in [0.29, 0.717) is 17.1 Å². The Bertz CT molecular complexity index is 990. The summed E-state index contributed by atoms with van der Waals surface area (Å²) in [5.74, 6) is -0.117.